The van der Waals surface area contributed by atoms with Crippen LogP contribution in [0.1, 0.15) is 49.7 Å². The van der Waals surface area contributed by atoms with Gasteiger partial charge in [0.05, 0.1) is 0 Å². The molecule has 2 heteroatoms. The van der Waals surface area contributed by atoms with Crippen molar-refractivity contribution in [2.45, 2.75) is 45.1 Å². The van der Waals surface area contributed by atoms with Crippen molar-refractivity contribution in [1.82, 2.24) is 0 Å². The SMILES string of the molecule is O=C(/C=C/c1ccccc1OCc1ccccc1)C12CC3CC(CC(C3)C1)C2. The number of ether oxygens (including phenoxy) is 1. The molecule has 0 spiro atoms. The average Bonchev–Trinajstić information content (AvgIpc) is 2.71. The van der Waals surface area contributed by atoms with E-state index in [-0.39, 0.29) is 5.41 Å². The first kappa shape index (κ1) is 17.7. The predicted molar refractivity (Wildman–Crippen MR) is 112 cm³/mol. The molecule has 0 atom stereocenters. The summed E-state index contributed by atoms with van der Waals surface area (Å²) in [5.74, 6) is 3.57. The minimum Gasteiger partial charge on any atom is -0.488 e. The number of benzene rings is 2. The van der Waals surface area contributed by atoms with Gasteiger partial charge in [-0.25, -0.2) is 0 Å². The maximum atomic E-state index is 13.2. The van der Waals surface area contributed by atoms with E-state index >= 15 is 0 Å². The van der Waals surface area contributed by atoms with Crippen LogP contribution in [0.25, 0.3) is 6.08 Å². The molecule has 2 aromatic carbocycles. The van der Waals surface area contributed by atoms with Crippen molar-refractivity contribution in [2.75, 3.05) is 0 Å². The molecule has 6 rings (SSSR count). The lowest BCUT2D eigenvalue weighted by atomic mass is 9.48. The third-order valence-corrected chi connectivity index (χ3v) is 7.13. The molecule has 0 unspecified atom stereocenters. The zero-order valence-electron chi connectivity index (χ0n) is 16.3. The van der Waals surface area contributed by atoms with E-state index < -0.39 is 0 Å². The quantitative estimate of drug-likeness (QED) is 0.576. The topological polar surface area (TPSA) is 26.3 Å². The Balaban J connectivity index is 1.31. The minimum atomic E-state index is -0.0644. The molecule has 144 valence electrons. The summed E-state index contributed by atoms with van der Waals surface area (Å²) < 4.78 is 6.04. The predicted octanol–water partition coefficient (Wildman–Crippen LogP) is 6.06. The van der Waals surface area contributed by atoms with Gasteiger partial charge in [0.15, 0.2) is 5.78 Å². The number of hydrogen-bond acceptors (Lipinski definition) is 2. The van der Waals surface area contributed by atoms with Crippen molar-refractivity contribution in [3.63, 3.8) is 0 Å². The van der Waals surface area contributed by atoms with E-state index in [0.717, 1.165) is 53.9 Å². The van der Waals surface area contributed by atoms with Crippen LogP contribution >= 0.6 is 0 Å². The summed E-state index contributed by atoms with van der Waals surface area (Å²) in [5.41, 5.74) is 2.06. The number of rotatable bonds is 6. The molecule has 28 heavy (non-hydrogen) atoms. The molecule has 4 aliphatic rings. The molecular formula is C26H28O2. The van der Waals surface area contributed by atoms with Gasteiger partial charge in [0.2, 0.25) is 0 Å². The van der Waals surface area contributed by atoms with E-state index in [1.807, 2.05) is 54.6 Å². The maximum Gasteiger partial charge on any atom is 0.161 e. The monoisotopic (exact) mass is 372 g/mol. The minimum absolute atomic E-state index is 0.0644. The van der Waals surface area contributed by atoms with Gasteiger partial charge in [-0.2, -0.15) is 0 Å². The van der Waals surface area contributed by atoms with Gasteiger partial charge >= 0.3 is 0 Å². The molecule has 4 saturated carbocycles. The van der Waals surface area contributed by atoms with Gasteiger partial charge in [-0.3, -0.25) is 4.79 Å². The Morgan fingerprint density at radius 1 is 0.893 bits per heavy atom. The summed E-state index contributed by atoms with van der Waals surface area (Å²) in [5, 5.41) is 0. The summed E-state index contributed by atoms with van der Waals surface area (Å²) in [6, 6.07) is 18.2. The van der Waals surface area contributed by atoms with Crippen molar-refractivity contribution in [3.05, 3.63) is 71.8 Å². The second kappa shape index (κ2) is 7.24. The Kier molecular flexibility index (Phi) is 4.58. The van der Waals surface area contributed by atoms with E-state index in [4.69, 9.17) is 4.74 Å². The highest BCUT2D eigenvalue weighted by Gasteiger charge is 2.53. The standard InChI is InChI=1S/C26H28O2/c27-25(26-15-20-12-21(16-26)14-22(13-20)17-26)11-10-23-8-4-5-9-24(23)28-18-19-6-2-1-3-7-19/h1-11,20-22H,12-18H2/b11-10+. The number of carbonyl (C=O) groups is 1. The Bertz CT molecular complexity index is 845. The third-order valence-electron chi connectivity index (χ3n) is 7.13. The normalized spacial score (nSPS) is 30.6. The number of carbonyl (C=O) groups excluding carboxylic acids is 1. The molecule has 2 aromatic rings. The van der Waals surface area contributed by atoms with E-state index in [1.165, 1.54) is 19.3 Å². The zero-order valence-corrected chi connectivity index (χ0v) is 16.3. The first-order valence-corrected chi connectivity index (χ1v) is 10.7. The van der Waals surface area contributed by atoms with Crippen LogP contribution in [-0.2, 0) is 11.4 Å². The molecule has 2 nitrogen and oxygen atoms in total. The summed E-state index contributed by atoms with van der Waals surface area (Å²) in [4.78, 5) is 13.2. The molecule has 4 bridgehead atoms. The van der Waals surface area contributed by atoms with Crippen LogP contribution in [0.15, 0.2) is 60.7 Å². The smallest absolute Gasteiger partial charge is 0.161 e. The van der Waals surface area contributed by atoms with Gasteiger partial charge in [-0.1, -0.05) is 48.5 Å². The summed E-state index contributed by atoms with van der Waals surface area (Å²) in [6.45, 7) is 0.536. The fraction of sp³-hybridized carbons (Fsp3) is 0.423. The molecule has 0 heterocycles. The second-order valence-corrected chi connectivity index (χ2v) is 9.21. The summed E-state index contributed by atoms with van der Waals surface area (Å²) >= 11 is 0. The highest BCUT2D eigenvalue weighted by molar-refractivity contribution is 5.98. The Morgan fingerprint density at radius 3 is 2.18 bits per heavy atom. The molecule has 4 aliphatic carbocycles. The molecule has 0 radical (unpaired) electrons. The first-order valence-electron chi connectivity index (χ1n) is 10.7. The van der Waals surface area contributed by atoms with Crippen LogP contribution in [0.3, 0.4) is 0 Å². The molecule has 0 aliphatic heterocycles. The molecule has 0 aromatic heterocycles. The van der Waals surface area contributed by atoms with Gasteiger partial charge < -0.3 is 4.74 Å². The Labute approximate surface area is 167 Å². The first-order chi connectivity index (χ1) is 13.7. The number of para-hydroxylation sites is 1. The zero-order chi connectivity index (χ0) is 19.0. The third kappa shape index (κ3) is 3.41. The molecule has 0 amide bonds. The van der Waals surface area contributed by atoms with Crippen molar-refractivity contribution >= 4 is 11.9 Å². The van der Waals surface area contributed by atoms with Gasteiger partial charge in [0.1, 0.15) is 12.4 Å². The van der Waals surface area contributed by atoms with Crippen LogP contribution < -0.4 is 4.74 Å². The van der Waals surface area contributed by atoms with Crippen molar-refractivity contribution in [2.24, 2.45) is 23.2 Å². The van der Waals surface area contributed by atoms with Gasteiger partial charge in [0, 0.05) is 11.0 Å². The fourth-order valence-electron chi connectivity index (χ4n) is 6.24. The van der Waals surface area contributed by atoms with E-state index in [9.17, 15) is 4.79 Å². The van der Waals surface area contributed by atoms with E-state index in [2.05, 4.69) is 12.1 Å². The number of ketones is 1. The highest BCUT2D eigenvalue weighted by atomic mass is 16.5. The molecule has 4 fully saturated rings. The molecule has 0 N–H and O–H groups in total. The number of allylic oxidation sites excluding steroid dienone is 1. The molecule has 0 saturated heterocycles. The van der Waals surface area contributed by atoms with Crippen LogP contribution in [-0.4, -0.2) is 5.78 Å². The van der Waals surface area contributed by atoms with Crippen LogP contribution in [0.5, 0.6) is 5.75 Å². The number of hydrogen-bond donors (Lipinski definition) is 0. The van der Waals surface area contributed by atoms with Crippen LogP contribution in [0, 0.1) is 23.2 Å². The lowest BCUT2D eigenvalue weighted by Crippen LogP contribution is -2.49. The Morgan fingerprint density at radius 2 is 1.50 bits per heavy atom. The van der Waals surface area contributed by atoms with Crippen molar-refractivity contribution < 1.29 is 9.53 Å². The highest BCUT2D eigenvalue weighted by Crippen LogP contribution is 2.60. The fourth-order valence-corrected chi connectivity index (χ4v) is 6.24. The van der Waals surface area contributed by atoms with Crippen molar-refractivity contribution in [3.8, 4) is 5.75 Å². The van der Waals surface area contributed by atoms with Crippen LogP contribution in [0.4, 0.5) is 0 Å². The van der Waals surface area contributed by atoms with Gasteiger partial charge in [0.25, 0.3) is 0 Å². The van der Waals surface area contributed by atoms with Crippen LogP contribution in [0.2, 0.25) is 0 Å². The summed E-state index contributed by atoms with van der Waals surface area (Å²) in [7, 11) is 0. The maximum absolute atomic E-state index is 13.2. The lowest BCUT2D eigenvalue weighted by Gasteiger charge is -2.55. The average molecular weight is 373 g/mol. The molecular weight excluding hydrogens is 344 g/mol. The largest absolute Gasteiger partial charge is 0.488 e. The second-order valence-electron chi connectivity index (χ2n) is 9.21. The van der Waals surface area contributed by atoms with E-state index in [0.29, 0.717) is 12.4 Å². The van der Waals surface area contributed by atoms with Gasteiger partial charge in [-0.15, -0.1) is 0 Å². The Hall–Kier alpha value is -2.35. The van der Waals surface area contributed by atoms with E-state index in [1.54, 1.807) is 0 Å². The summed E-state index contributed by atoms with van der Waals surface area (Å²) in [6.07, 6.45) is 11.3. The van der Waals surface area contributed by atoms with Crippen molar-refractivity contribution in [1.29, 1.82) is 0 Å². The van der Waals surface area contributed by atoms with Gasteiger partial charge in [-0.05, 0) is 80.1 Å². The lowest BCUT2D eigenvalue weighted by molar-refractivity contribution is -0.138.